The van der Waals surface area contributed by atoms with E-state index in [1.807, 2.05) is 6.07 Å². The molecule has 2 aromatic heterocycles. The van der Waals surface area contributed by atoms with Crippen molar-refractivity contribution in [1.82, 2.24) is 15.2 Å². The molecule has 7 nitrogen and oxygen atoms in total. The second kappa shape index (κ2) is 8.91. The van der Waals surface area contributed by atoms with Gasteiger partial charge in [0.1, 0.15) is 12.1 Å². The summed E-state index contributed by atoms with van der Waals surface area (Å²) in [6, 6.07) is 11.7. The number of pyridine rings is 1. The van der Waals surface area contributed by atoms with E-state index in [4.69, 9.17) is 11.6 Å². The van der Waals surface area contributed by atoms with Gasteiger partial charge in [-0.25, -0.2) is 0 Å². The van der Waals surface area contributed by atoms with Gasteiger partial charge in [0.15, 0.2) is 0 Å². The number of benzene rings is 2. The number of rotatable bonds is 5. The van der Waals surface area contributed by atoms with Gasteiger partial charge in [0, 0.05) is 34.7 Å². The Balaban J connectivity index is 1.41. The molecule has 33 heavy (non-hydrogen) atoms. The van der Waals surface area contributed by atoms with Crippen molar-refractivity contribution >= 4 is 45.7 Å². The first-order valence-electron chi connectivity index (χ1n) is 9.55. The highest BCUT2D eigenvalue weighted by atomic mass is 35.5. The molecular weight excluding hydrogens is 459 g/mol. The van der Waals surface area contributed by atoms with E-state index in [0.717, 1.165) is 17.0 Å². The van der Waals surface area contributed by atoms with Crippen LogP contribution in [0.15, 0.2) is 60.9 Å². The van der Waals surface area contributed by atoms with Crippen molar-refractivity contribution in [1.29, 1.82) is 0 Å². The number of aromatic amines is 1. The molecule has 0 spiro atoms. The maximum Gasteiger partial charge on any atom is 0.417 e. The molecule has 2 amide bonds. The summed E-state index contributed by atoms with van der Waals surface area (Å²) in [5.74, 6) is -1.41. The monoisotopic (exact) mass is 473 g/mol. The quantitative estimate of drug-likeness (QED) is 0.344. The molecule has 0 unspecified atom stereocenters. The molecule has 0 aliphatic heterocycles. The molecule has 3 N–H and O–H groups in total. The Morgan fingerprint density at radius 3 is 2.36 bits per heavy atom. The minimum Gasteiger partial charge on any atom is -0.326 e. The van der Waals surface area contributed by atoms with E-state index in [1.165, 1.54) is 6.07 Å². The average molecular weight is 474 g/mol. The normalized spacial score (nSPS) is 11.4. The number of nitrogens with one attached hydrogen (secondary N) is 3. The van der Waals surface area contributed by atoms with Crippen LogP contribution in [0.1, 0.15) is 12.0 Å². The Hall–Kier alpha value is -3.92. The largest absolute Gasteiger partial charge is 0.417 e. The zero-order valence-electron chi connectivity index (χ0n) is 16.7. The summed E-state index contributed by atoms with van der Waals surface area (Å²) in [6.45, 7) is 0. The highest BCUT2D eigenvalue weighted by molar-refractivity contribution is 6.31. The fourth-order valence-electron chi connectivity index (χ4n) is 3.20. The van der Waals surface area contributed by atoms with E-state index >= 15 is 0 Å². The van der Waals surface area contributed by atoms with Gasteiger partial charge in [-0.2, -0.15) is 18.3 Å². The summed E-state index contributed by atoms with van der Waals surface area (Å²) < 4.78 is 38.9. The minimum atomic E-state index is -4.67. The Kier molecular flexibility index (Phi) is 6.01. The second-order valence-electron chi connectivity index (χ2n) is 7.04. The third-order valence-corrected chi connectivity index (χ3v) is 4.99. The molecule has 4 rings (SSSR count). The summed E-state index contributed by atoms with van der Waals surface area (Å²) in [7, 11) is 0. The summed E-state index contributed by atoms with van der Waals surface area (Å²) >= 11 is 5.56. The number of aromatic nitrogens is 3. The van der Waals surface area contributed by atoms with E-state index < -0.39 is 35.0 Å². The number of H-pyrrole nitrogens is 1. The second-order valence-corrected chi connectivity index (χ2v) is 7.45. The van der Waals surface area contributed by atoms with Crippen LogP contribution < -0.4 is 10.6 Å². The van der Waals surface area contributed by atoms with Crippen LogP contribution in [0.3, 0.4) is 0 Å². The fraction of sp³-hybridized carbons (Fsp3) is 0.0909. The molecule has 168 valence electrons. The summed E-state index contributed by atoms with van der Waals surface area (Å²) in [5.41, 5.74) is 1.42. The molecule has 0 saturated heterocycles. The molecule has 2 aromatic carbocycles. The molecule has 4 aromatic rings. The highest BCUT2D eigenvalue weighted by Crippen LogP contribution is 2.36. The number of carbonyl (C=O) groups excluding carboxylic acids is 2. The van der Waals surface area contributed by atoms with Gasteiger partial charge in [0.2, 0.25) is 11.8 Å². The zero-order chi connectivity index (χ0) is 23.6. The van der Waals surface area contributed by atoms with Crippen LogP contribution in [0.25, 0.3) is 22.2 Å². The van der Waals surface area contributed by atoms with Gasteiger partial charge in [-0.1, -0.05) is 11.6 Å². The summed E-state index contributed by atoms with van der Waals surface area (Å²) in [6.07, 6.45) is -1.92. The van der Waals surface area contributed by atoms with E-state index in [9.17, 15) is 22.8 Å². The van der Waals surface area contributed by atoms with E-state index in [-0.39, 0.29) is 5.69 Å². The lowest BCUT2D eigenvalue weighted by Crippen LogP contribution is -2.21. The number of carbonyl (C=O) groups is 2. The topological polar surface area (TPSA) is 99.8 Å². The Bertz CT molecular complexity index is 1340. The molecule has 0 fully saturated rings. The Labute approximate surface area is 190 Å². The van der Waals surface area contributed by atoms with Gasteiger partial charge in [-0.15, -0.1) is 0 Å². The standard InChI is InChI=1S/C22H15ClF3N5O2/c23-17-6-4-13(8-16(17)22(24,25)26)28-19(32)10-20(33)29-14-3-5-15-18(9-14)30-31-21(15)12-2-1-7-27-11-12/h1-9,11H,10H2,(H,28,32)(H,29,33)(H,30,31). The molecule has 0 atom stereocenters. The summed E-state index contributed by atoms with van der Waals surface area (Å²) in [5, 5.41) is 12.4. The number of halogens is 4. The van der Waals surface area contributed by atoms with Gasteiger partial charge >= 0.3 is 6.18 Å². The van der Waals surface area contributed by atoms with Crippen molar-refractivity contribution in [2.45, 2.75) is 12.6 Å². The van der Waals surface area contributed by atoms with Crippen LogP contribution in [0.5, 0.6) is 0 Å². The minimum absolute atomic E-state index is 0.119. The number of hydrogen-bond acceptors (Lipinski definition) is 4. The van der Waals surface area contributed by atoms with Crippen LogP contribution in [-0.4, -0.2) is 27.0 Å². The number of fused-ring (bicyclic) bond motifs is 1. The van der Waals surface area contributed by atoms with Crippen LogP contribution >= 0.6 is 11.6 Å². The van der Waals surface area contributed by atoms with Crippen molar-refractivity contribution in [3.8, 4) is 11.3 Å². The number of alkyl halides is 3. The number of nitrogens with zero attached hydrogens (tertiary/aromatic N) is 2. The van der Waals surface area contributed by atoms with E-state index in [0.29, 0.717) is 23.0 Å². The van der Waals surface area contributed by atoms with Crippen molar-refractivity contribution < 1.29 is 22.8 Å². The maximum absolute atomic E-state index is 13.0. The fourth-order valence-corrected chi connectivity index (χ4v) is 3.42. The van der Waals surface area contributed by atoms with Gasteiger partial charge in [0.25, 0.3) is 0 Å². The van der Waals surface area contributed by atoms with Gasteiger partial charge in [-0.3, -0.25) is 19.7 Å². The molecule has 0 bridgehead atoms. The maximum atomic E-state index is 13.0. The Morgan fingerprint density at radius 1 is 1.00 bits per heavy atom. The van der Waals surface area contributed by atoms with Crippen molar-refractivity contribution in [2.75, 3.05) is 10.6 Å². The van der Waals surface area contributed by atoms with Gasteiger partial charge < -0.3 is 10.6 Å². The number of anilines is 2. The first-order valence-corrected chi connectivity index (χ1v) is 9.93. The van der Waals surface area contributed by atoms with Gasteiger partial charge in [0.05, 0.1) is 16.1 Å². The van der Waals surface area contributed by atoms with Crippen LogP contribution in [0, 0.1) is 0 Å². The molecule has 0 aliphatic carbocycles. The summed E-state index contributed by atoms with van der Waals surface area (Å²) in [4.78, 5) is 28.4. The van der Waals surface area contributed by atoms with Crippen LogP contribution in [0.2, 0.25) is 5.02 Å². The number of amides is 2. The molecule has 11 heteroatoms. The molecule has 0 saturated carbocycles. The van der Waals surface area contributed by atoms with Crippen molar-refractivity contribution in [2.24, 2.45) is 0 Å². The first kappa shape index (κ1) is 22.3. The molecular formula is C22H15ClF3N5O2. The number of hydrogen-bond donors (Lipinski definition) is 3. The third kappa shape index (κ3) is 5.12. The smallest absolute Gasteiger partial charge is 0.326 e. The van der Waals surface area contributed by atoms with Crippen molar-refractivity contribution in [3.05, 3.63) is 71.5 Å². The lowest BCUT2D eigenvalue weighted by Gasteiger charge is -2.12. The van der Waals surface area contributed by atoms with Crippen molar-refractivity contribution in [3.63, 3.8) is 0 Å². The third-order valence-electron chi connectivity index (χ3n) is 4.66. The van der Waals surface area contributed by atoms with Crippen LogP contribution in [0.4, 0.5) is 24.5 Å². The highest BCUT2D eigenvalue weighted by Gasteiger charge is 2.33. The molecule has 0 aliphatic rings. The lowest BCUT2D eigenvalue weighted by molar-refractivity contribution is -0.137. The van der Waals surface area contributed by atoms with Crippen LogP contribution in [-0.2, 0) is 15.8 Å². The lowest BCUT2D eigenvalue weighted by atomic mass is 10.1. The Morgan fingerprint density at radius 2 is 1.70 bits per heavy atom. The SMILES string of the molecule is O=C(CC(=O)Nc1ccc2c(-c3cccnc3)n[nH]c2c1)Nc1ccc(Cl)c(C(F)(F)F)c1. The van der Waals surface area contributed by atoms with E-state index in [2.05, 4.69) is 25.8 Å². The van der Waals surface area contributed by atoms with Gasteiger partial charge in [-0.05, 0) is 48.5 Å². The van der Waals surface area contributed by atoms with E-state index in [1.54, 1.807) is 36.7 Å². The molecule has 0 radical (unpaired) electrons. The average Bonchev–Trinajstić information content (AvgIpc) is 3.18. The zero-order valence-corrected chi connectivity index (χ0v) is 17.5. The molecule has 2 heterocycles. The predicted octanol–water partition coefficient (Wildman–Crippen LogP) is 5.26. The predicted molar refractivity (Wildman–Crippen MR) is 118 cm³/mol. The first-order chi connectivity index (χ1) is 15.7.